The van der Waals surface area contributed by atoms with Gasteiger partial charge in [0.25, 0.3) is 5.91 Å². The highest BCUT2D eigenvalue weighted by molar-refractivity contribution is 5.91. The maximum Gasteiger partial charge on any atom is 0.328 e. The minimum atomic E-state index is -1.03. The summed E-state index contributed by atoms with van der Waals surface area (Å²) in [6.45, 7) is 3.63. The monoisotopic (exact) mass is 264 g/mol. The Hall–Kier alpha value is -2.21. The molecule has 1 rings (SSSR count). The van der Waals surface area contributed by atoms with E-state index in [9.17, 15) is 9.59 Å². The third-order valence-corrected chi connectivity index (χ3v) is 2.02. The van der Waals surface area contributed by atoms with Crippen molar-refractivity contribution in [3.8, 4) is 0 Å². The fraction of sp³-hybridized carbons (Fsp3) is 0.308. The molecule has 0 aliphatic rings. The zero-order valence-corrected chi connectivity index (χ0v) is 10.8. The SMILES string of the molecule is CC(C)OCC(=O)Nc1cc(/C=C/C(=O)O)ccn1. The highest BCUT2D eigenvalue weighted by atomic mass is 16.5. The Morgan fingerprint density at radius 1 is 1.53 bits per heavy atom. The first kappa shape index (κ1) is 14.8. The first-order chi connectivity index (χ1) is 8.97. The molecule has 0 radical (unpaired) electrons. The van der Waals surface area contributed by atoms with Crippen molar-refractivity contribution in [3.63, 3.8) is 0 Å². The highest BCUT2D eigenvalue weighted by Crippen LogP contribution is 2.08. The molecule has 0 aliphatic heterocycles. The molecule has 0 fully saturated rings. The molecule has 1 amide bonds. The molecule has 102 valence electrons. The lowest BCUT2D eigenvalue weighted by atomic mass is 10.2. The van der Waals surface area contributed by atoms with Crippen LogP contribution in [0, 0.1) is 0 Å². The second-order valence-corrected chi connectivity index (χ2v) is 4.05. The van der Waals surface area contributed by atoms with Crippen LogP contribution in [0.3, 0.4) is 0 Å². The van der Waals surface area contributed by atoms with Crippen LogP contribution in [-0.4, -0.2) is 34.7 Å². The van der Waals surface area contributed by atoms with E-state index < -0.39 is 5.97 Å². The van der Waals surface area contributed by atoms with Crippen LogP contribution >= 0.6 is 0 Å². The molecule has 1 aromatic rings. The minimum Gasteiger partial charge on any atom is -0.478 e. The Morgan fingerprint density at radius 3 is 2.89 bits per heavy atom. The fourth-order valence-electron chi connectivity index (χ4n) is 1.21. The van der Waals surface area contributed by atoms with E-state index in [4.69, 9.17) is 9.84 Å². The molecule has 0 saturated heterocycles. The van der Waals surface area contributed by atoms with E-state index in [1.165, 1.54) is 12.3 Å². The Labute approximate surface area is 111 Å². The molecule has 2 N–H and O–H groups in total. The molecule has 0 aromatic carbocycles. The number of carbonyl (C=O) groups is 2. The predicted octanol–water partition coefficient (Wildman–Crippen LogP) is 1.54. The van der Waals surface area contributed by atoms with E-state index in [0.29, 0.717) is 11.4 Å². The zero-order valence-electron chi connectivity index (χ0n) is 10.8. The van der Waals surface area contributed by atoms with E-state index >= 15 is 0 Å². The van der Waals surface area contributed by atoms with Crippen molar-refractivity contribution >= 4 is 23.8 Å². The summed E-state index contributed by atoms with van der Waals surface area (Å²) in [5.74, 6) is -0.988. The van der Waals surface area contributed by atoms with Crippen molar-refractivity contribution in [1.29, 1.82) is 0 Å². The van der Waals surface area contributed by atoms with Gasteiger partial charge in [0.05, 0.1) is 6.10 Å². The van der Waals surface area contributed by atoms with E-state index in [0.717, 1.165) is 6.08 Å². The average molecular weight is 264 g/mol. The largest absolute Gasteiger partial charge is 0.478 e. The molecular formula is C13H16N2O4. The lowest BCUT2D eigenvalue weighted by Gasteiger charge is -2.08. The highest BCUT2D eigenvalue weighted by Gasteiger charge is 2.05. The Bertz CT molecular complexity index is 483. The number of pyridine rings is 1. The first-order valence-corrected chi connectivity index (χ1v) is 5.76. The van der Waals surface area contributed by atoms with Crippen LogP contribution < -0.4 is 5.32 Å². The van der Waals surface area contributed by atoms with Gasteiger partial charge in [0, 0.05) is 12.3 Å². The van der Waals surface area contributed by atoms with Gasteiger partial charge >= 0.3 is 5.97 Å². The van der Waals surface area contributed by atoms with Crippen molar-refractivity contribution in [2.75, 3.05) is 11.9 Å². The van der Waals surface area contributed by atoms with Crippen molar-refractivity contribution in [2.24, 2.45) is 0 Å². The van der Waals surface area contributed by atoms with E-state index in [1.807, 2.05) is 13.8 Å². The Kier molecular flexibility index (Phi) is 5.69. The van der Waals surface area contributed by atoms with Gasteiger partial charge in [-0.25, -0.2) is 9.78 Å². The second kappa shape index (κ2) is 7.27. The average Bonchev–Trinajstić information content (AvgIpc) is 2.34. The third kappa shape index (κ3) is 6.32. The summed E-state index contributed by atoms with van der Waals surface area (Å²) in [6.07, 6.45) is 3.90. The summed E-state index contributed by atoms with van der Waals surface area (Å²) in [7, 11) is 0. The van der Waals surface area contributed by atoms with Gasteiger partial charge in [0.2, 0.25) is 0 Å². The molecule has 0 saturated carbocycles. The van der Waals surface area contributed by atoms with Crippen LogP contribution in [0.2, 0.25) is 0 Å². The van der Waals surface area contributed by atoms with Gasteiger partial charge in [-0.2, -0.15) is 0 Å². The molecule has 1 aromatic heterocycles. The smallest absolute Gasteiger partial charge is 0.328 e. The fourth-order valence-corrected chi connectivity index (χ4v) is 1.21. The number of hydrogen-bond donors (Lipinski definition) is 2. The molecule has 6 nitrogen and oxygen atoms in total. The maximum absolute atomic E-state index is 11.5. The predicted molar refractivity (Wildman–Crippen MR) is 70.6 cm³/mol. The first-order valence-electron chi connectivity index (χ1n) is 5.76. The lowest BCUT2D eigenvalue weighted by Crippen LogP contribution is -2.21. The van der Waals surface area contributed by atoms with Gasteiger partial charge in [-0.15, -0.1) is 0 Å². The van der Waals surface area contributed by atoms with Gasteiger partial charge in [0.15, 0.2) is 0 Å². The van der Waals surface area contributed by atoms with Crippen molar-refractivity contribution in [2.45, 2.75) is 20.0 Å². The number of anilines is 1. The lowest BCUT2D eigenvalue weighted by molar-refractivity contribution is -0.131. The Morgan fingerprint density at radius 2 is 2.26 bits per heavy atom. The normalized spacial score (nSPS) is 10.9. The molecule has 0 unspecified atom stereocenters. The van der Waals surface area contributed by atoms with Gasteiger partial charge in [-0.1, -0.05) is 0 Å². The number of amides is 1. The van der Waals surface area contributed by atoms with Crippen molar-refractivity contribution < 1.29 is 19.4 Å². The number of nitrogens with one attached hydrogen (secondary N) is 1. The van der Waals surface area contributed by atoms with Gasteiger partial charge in [0.1, 0.15) is 12.4 Å². The Balaban J connectivity index is 2.61. The van der Waals surface area contributed by atoms with Crippen LogP contribution in [-0.2, 0) is 14.3 Å². The van der Waals surface area contributed by atoms with Crippen LogP contribution in [0.5, 0.6) is 0 Å². The zero-order chi connectivity index (χ0) is 14.3. The van der Waals surface area contributed by atoms with E-state index in [1.54, 1.807) is 12.1 Å². The molecule has 1 heterocycles. The summed E-state index contributed by atoms with van der Waals surface area (Å²) in [4.78, 5) is 25.9. The molecule has 0 bridgehead atoms. The summed E-state index contributed by atoms with van der Waals surface area (Å²) in [5, 5.41) is 11.1. The van der Waals surface area contributed by atoms with Crippen LogP contribution in [0.1, 0.15) is 19.4 Å². The quantitative estimate of drug-likeness (QED) is 0.761. The third-order valence-electron chi connectivity index (χ3n) is 2.02. The molecular weight excluding hydrogens is 248 g/mol. The summed E-state index contributed by atoms with van der Waals surface area (Å²) >= 11 is 0. The molecule has 0 spiro atoms. The van der Waals surface area contributed by atoms with Crippen LogP contribution in [0.4, 0.5) is 5.82 Å². The second-order valence-electron chi connectivity index (χ2n) is 4.05. The van der Waals surface area contributed by atoms with Crippen molar-refractivity contribution in [3.05, 3.63) is 30.0 Å². The van der Waals surface area contributed by atoms with Crippen LogP contribution in [0.25, 0.3) is 6.08 Å². The number of nitrogens with zero attached hydrogens (tertiary/aromatic N) is 1. The van der Waals surface area contributed by atoms with E-state index in [-0.39, 0.29) is 18.6 Å². The maximum atomic E-state index is 11.5. The minimum absolute atomic E-state index is 0.0245. The number of carbonyl (C=O) groups excluding carboxylic acids is 1. The van der Waals surface area contributed by atoms with Crippen molar-refractivity contribution in [1.82, 2.24) is 4.98 Å². The van der Waals surface area contributed by atoms with Gasteiger partial charge < -0.3 is 15.2 Å². The number of ether oxygens (including phenoxy) is 1. The molecule has 0 aliphatic carbocycles. The number of carboxylic acid groups (broad SMARTS) is 1. The number of carboxylic acids is 1. The summed E-state index contributed by atoms with van der Waals surface area (Å²) < 4.78 is 5.15. The summed E-state index contributed by atoms with van der Waals surface area (Å²) in [5.41, 5.74) is 0.637. The van der Waals surface area contributed by atoms with Gasteiger partial charge in [-0.05, 0) is 37.6 Å². The molecule has 6 heteroatoms. The van der Waals surface area contributed by atoms with E-state index in [2.05, 4.69) is 10.3 Å². The molecule has 19 heavy (non-hydrogen) atoms. The van der Waals surface area contributed by atoms with Crippen LogP contribution in [0.15, 0.2) is 24.4 Å². The number of rotatable bonds is 6. The number of hydrogen-bond acceptors (Lipinski definition) is 4. The topological polar surface area (TPSA) is 88.5 Å². The van der Waals surface area contributed by atoms with Gasteiger partial charge in [-0.3, -0.25) is 4.79 Å². The number of aromatic nitrogens is 1. The summed E-state index contributed by atoms with van der Waals surface area (Å²) in [6, 6.07) is 3.21. The number of aliphatic carboxylic acids is 1. The molecule has 0 atom stereocenters. The standard InChI is InChI=1S/C13H16N2O4/c1-9(2)19-8-12(16)15-11-7-10(5-6-14-11)3-4-13(17)18/h3-7,9H,8H2,1-2H3,(H,17,18)(H,14,15,16)/b4-3+.